The van der Waals surface area contributed by atoms with Gasteiger partial charge in [0, 0.05) is 24.3 Å². The van der Waals surface area contributed by atoms with Crippen molar-refractivity contribution in [2.75, 3.05) is 29.9 Å². The van der Waals surface area contributed by atoms with Crippen LogP contribution < -0.4 is 10.2 Å². The number of carbonyl (C=O) groups is 4. The van der Waals surface area contributed by atoms with E-state index in [2.05, 4.69) is 12.2 Å². The lowest BCUT2D eigenvalue weighted by Gasteiger charge is -2.31. The number of ether oxygens (including phenoxy) is 1. The normalized spacial score (nSPS) is 18.2. The molecule has 2 heterocycles. The topological polar surface area (TPSA) is 96.0 Å². The first kappa shape index (κ1) is 24.5. The van der Waals surface area contributed by atoms with Crippen molar-refractivity contribution in [1.29, 1.82) is 0 Å². The minimum atomic E-state index is -0.703. The molecule has 1 unspecified atom stereocenters. The summed E-state index contributed by atoms with van der Waals surface area (Å²) in [6, 6.07) is 12.7. The second kappa shape index (κ2) is 10.3. The molecule has 0 aromatic heterocycles. The van der Waals surface area contributed by atoms with E-state index in [0.29, 0.717) is 17.2 Å². The highest BCUT2D eigenvalue weighted by atomic mass is 35.5. The molecule has 1 N–H and O–H groups in total. The van der Waals surface area contributed by atoms with Gasteiger partial charge >= 0.3 is 5.97 Å². The Balaban J connectivity index is 1.49. The predicted octanol–water partition coefficient (Wildman–Crippen LogP) is 4.17. The molecule has 4 rings (SSSR count). The molecule has 2 aromatic carbocycles. The van der Waals surface area contributed by atoms with Crippen LogP contribution in [0.5, 0.6) is 0 Å². The molecule has 2 aromatic rings. The maximum Gasteiger partial charge on any atom is 0.338 e. The van der Waals surface area contributed by atoms with E-state index in [-0.39, 0.29) is 34.5 Å². The number of hydrogen-bond acceptors (Lipinski definition) is 6. The summed E-state index contributed by atoms with van der Waals surface area (Å²) < 4.78 is 4.99. The van der Waals surface area contributed by atoms with Crippen LogP contribution in [0, 0.1) is 5.92 Å². The van der Waals surface area contributed by atoms with Crippen molar-refractivity contribution in [3.8, 4) is 0 Å². The number of carbonyl (C=O) groups excluding carboxylic acids is 4. The van der Waals surface area contributed by atoms with Crippen LogP contribution >= 0.6 is 11.6 Å². The van der Waals surface area contributed by atoms with E-state index in [0.717, 1.165) is 30.8 Å². The zero-order chi connectivity index (χ0) is 25.1. The van der Waals surface area contributed by atoms with Crippen LogP contribution in [-0.2, 0) is 14.3 Å². The van der Waals surface area contributed by atoms with Crippen LogP contribution in [0.3, 0.4) is 0 Å². The molecule has 0 aliphatic carbocycles. The predicted molar refractivity (Wildman–Crippen MR) is 132 cm³/mol. The Morgan fingerprint density at radius 3 is 2.51 bits per heavy atom. The van der Waals surface area contributed by atoms with Gasteiger partial charge in [0.25, 0.3) is 17.7 Å². The fraction of sp³-hybridized carbons (Fsp3) is 0.308. The third-order valence-corrected chi connectivity index (χ3v) is 6.34. The van der Waals surface area contributed by atoms with Crippen molar-refractivity contribution in [2.24, 2.45) is 5.92 Å². The summed E-state index contributed by atoms with van der Waals surface area (Å²) in [7, 11) is 0. The number of anilines is 2. The lowest BCUT2D eigenvalue weighted by Crippen LogP contribution is -2.39. The summed E-state index contributed by atoms with van der Waals surface area (Å²) in [4.78, 5) is 53.5. The number of rotatable bonds is 6. The lowest BCUT2D eigenvalue weighted by molar-refractivity contribution is -0.120. The summed E-state index contributed by atoms with van der Waals surface area (Å²) in [6.07, 6.45) is 2.12. The minimum absolute atomic E-state index is 0.0277. The van der Waals surface area contributed by atoms with Gasteiger partial charge in [-0.3, -0.25) is 14.4 Å². The second-order valence-electron chi connectivity index (χ2n) is 8.61. The molecule has 35 heavy (non-hydrogen) atoms. The number of halogens is 1. The van der Waals surface area contributed by atoms with Gasteiger partial charge in [-0.1, -0.05) is 24.6 Å². The molecule has 3 amide bonds. The van der Waals surface area contributed by atoms with Crippen LogP contribution in [0.2, 0.25) is 0 Å². The monoisotopic (exact) mass is 495 g/mol. The average Bonchev–Trinajstić information content (AvgIpc) is 3.07. The highest BCUT2D eigenvalue weighted by Gasteiger charge is 2.39. The van der Waals surface area contributed by atoms with Crippen LogP contribution in [0.4, 0.5) is 11.4 Å². The van der Waals surface area contributed by atoms with Gasteiger partial charge in [-0.05, 0) is 68.1 Å². The molecule has 9 heteroatoms. The molecule has 1 atom stereocenters. The van der Waals surface area contributed by atoms with Crippen molar-refractivity contribution >= 4 is 46.7 Å². The Labute approximate surface area is 208 Å². The molecule has 8 nitrogen and oxygen atoms in total. The summed E-state index contributed by atoms with van der Waals surface area (Å²) in [5, 5.41) is 2.64. The van der Waals surface area contributed by atoms with E-state index in [9.17, 15) is 19.2 Å². The van der Waals surface area contributed by atoms with Crippen molar-refractivity contribution in [2.45, 2.75) is 26.7 Å². The van der Waals surface area contributed by atoms with Crippen molar-refractivity contribution in [3.63, 3.8) is 0 Å². The summed E-state index contributed by atoms with van der Waals surface area (Å²) >= 11 is 6.22. The Bertz CT molecular complexity index is 1210. The van der Waals surface area contributed by atoms with Gasteiger partial charge in [0.05, 0.1) is 17.9 Å². The number of amides is 3. The fourth-order valence-corrected chi connectivity index (χ4v) is 4.44. The molecule has 1 saturated heterocycles. The summed E-state index contributed by atoms with van der Waals surface area (Å²) in [5.41, 5.74) is 1.39. The number of piperidine rings is 1. The Kier molecular flexibility index (Phi) is 7.21. The van der Waals surface area contributed by atoms with Gasteiger partial charge in [0.2, 0.25) is 0 Å². The number of esters is 1. The van der Waals surface area contributed by atoms with Crippen LogP contribution in [0.1, 0.15) is 47.4 Å². The molecule has 1 fully saturated rings. The van der Waals surface area contributed by atoms with Gasteiger partial charge in [-0.25, -0.2) is 9.69 Å². The molecular weight excluding hydrogens is 470 g/mol. The Morgan fingerprint density at radius 1 is 1.09 bits per heavy atom. The maximum atomic E-state index is 13.1. The zero-order valence-corrected chi connectivity index (χ0v) is 20.3. The van der Waals surface area contributed by atoms with Crippen LogP contribution in [0.15, 0.2) is 59.3 Å². The molecule has 0 radical (unpaired) electrons. The first-order valence-corrected chi connectivity index (χ1v) is 11.9. The quantitative estimate of drug-likeness (QED) is 0.477. The minimum Gasteiger partial charge on any atom is -0.462 e. The molecule has 2 aliphatic rings. The molecule has 2 aliphatic heterocycles. The third-order valence-electron chi connectivity index (χ3n) is 5.99. The number of imide groups is 1. The van der Waals surface area contributed by atoms with Gasteiger partial charge in [-0.2, -0.15) is 0 Å². The van der Waals surface area contributed by atoms with E-state index in [1.807, 2.05) is 4.90 Å². The smallest absolute Gasteiger partial charge is 0.338 e. The number of nitrogens with one attached hydrogen (secondary N) is 1. The Hall–Kier alpha value is -3.65. The molecular formula is C26H26ClN3O5. The summed E-state index contributed by atoms with van der Waals surface area (Å²) in [6.45, 7) is 5.52. The number of hydrogen-bond donors (Lipinski definition) is 1. The lowest BCUT2D eigenvalue weighted by atomic mass is 9.99. The third kappa shape index (κ3) is 5.07. The highest BCUT2D eigenvalue weighted by Crippen LogP contribution is 2.31. The van der Waals surface area contributed by atoms with E-state index in [1.165, 1.54) is 18.2 Å². The molecule has 0 bridgehead atoms. The van der Waals surface area contributed by atoms with Crippen molar-refractivity contribution in [1.82, 2.24) is 4.90 Å². The molecule has 0 saturated carbocycles. The number of benzene rings is 2. The van der Waals surface area contributed by atoms with E-state index in [4.69, 9.17) is 16.3 Å². The van der Waals surface area contributed by atoms with Gasteiger partial charge in [-0.15, -0.1) is 0 Å². The van der Waals surface area contributed by atoms with E-state index < -0.39 is 17.8 Å². The molecule has 0 spiro atoms. The fourth-order valence-electron chi connectivity index (χ4n) is 4.23. The van der Waals surface area contributed by atoms with E-state index >= 15 is 0 Å². The average molecular weight is 496 g/mol. The number of nitrogens with zero attached hydrogens (tertiary/aromatic N) is 2. The SMILES string of the molecule is CCOC(=O)c1cccc(N2C(=O)C(Cl)=C(Nc3ccc(C(=O)N4CCCC(C)C4)cc3)C2=O)c1. The number of likely N-dealkylation sites (tertiary alicyclic amines) is 1. The largest absolute Gasteiger partial charge is 0.462 e. The maximum absolute atomic E-state index is 13.1. The van der Waals surface area contributed by atoms with Crippen molar-refractivity contribution in [3.05, 3.63) is 70.4 Å². The molecule has 182 valence electrons. The first-order valence-electron chi connectivity index (χ1n) is 11.5. The first-order chi connectivity index (χ1) is 16.8. The summed E-state index contributed by atoms with van der Waals surface area (Å²) in [5.74, 6) is -1.45. The van der Waals surface area contributed by atoms with Crippen LogP contribution in [0.25, 0.3) is 0 Å². The highest BCUT2D eigenvalue weighted by molar-refractivity contribution is 6.53. The van der Waals surface area contributed by atoms with Gasteiger partial charge in [0.1, 0.15) is 10.7 Å². The van der Waals surface area contributed by atoms with Crippen LogP contribution in [-0.4, -0.2) is 48.3 Å². The van der Waals surface area contributed by atoms with Crippen molar-refractivity contribution < 1.29 is 23.9 Å². The van der Waals surface area contributed by atoms with E-state index in [1.54, 1.807) is 37.3 Å². The Morgan fingerprint density at radius 2 is 1.83 bits per heavy atom. The van der Waals surface area contributed by atoms with Gasteiger partial charge in [0.15, 0.2) is 0 Å². The second-order valence-corrected chi connectivity index (χ2v) is 8.98. The zero-order valence-electron chi connectivity index (χ0n) is 19.5. The standard InChI is InChI=1S/C26H26ClN3O5/c1-3-35-26(34)18-7-4-8-20(14-18)30-24(32)21(27)22(25(30)33)28-19-11-9-17(10-12-19)23(31)29-13-5-6-16(2)15-29/h4,7-12,14,16,28H,3,5-6,13,15H2,1-2H3. The van der Waals surface area contributed by atoms with Gasteiger partial charge < -0.3 is 15.0 Å².